The fourth-order valence-electron chi connectivity index (χ4n) is 2.94. The quantitative estimate of drug-likeness (QED) is 0.767. The lowest BCUT2D eigenvalue weighted by molar-refractivity contribution is 0.0954. The van der Waals surface area contributed by atoms with Gasteiger partial charge in [0.05, 0.1) is 11.0 Å². The van der Waals surface area contributed by atoms with Crippen molar-refractivity contribution in [3.8, 4) is 0 Å². The Balaban J connectivity index is 1.77. The number of aryl methyl sites for hydroxylation is 2. The van der Waals surface area contributed by atoms with Gasteiger partial charge in [-0.25, -0.2) is 9.37 Å². The van der Waals surface area contributed by atoms with Gasteiger partial charge >= 0.3 is 0 Å². The van der Waals surface area contributed by atoms with E-state index in [0.29, 0.717) is 47.4 Å². The number of aromatic nitrogens is 2. The van der Waals surface area contributed by atoms with Crippen molar-refractivity contribution < 1.29 is 9.18 Å². The van der Waals surface area contributed by atoms with E-state index in [1.165, 1.54) is 6.07 Å². The van der Waals surface area contributed by atoms with E-state index in [1.807, 2.05) is 6.92 Å². The number of amides is 1. The lowest BCUT2D eigenvalue weighted by Crippen LogP contribution is -2.26. The topological polar surface area (TPSA) is 64.0 Å². The Labute approximate surface area is 150 Å². The summed E-state index contributed by atoms with van der Waals surface area (Å²) in [7, 11) is 0. The summed E-state index contributed by atoms with van der Waals surface area (Å²) in [6, 6.07) is 11.6. The molecule has 0 saturated carbocycles. The number of halogens is 1. The molecule has 1 aromatic heterocycles. The van der Waals surface area contributed by atoms with Crippen LogP contribution in [0.4, 0.5) is 4.39 Å². The van der Waals surface area contributed by atoms with Gasteiger partial charge < -0.3 is 9.88 Å². The minimum absolute atomic E-state index is 0.123. The maximum Gasteiger partial charge on any atom is 0.272 e. The summed E-state index contributed by atoms with van der Waals surface area (Å²) < 4.78 is 15.2. The van der Waals surface area contributed by atoms with Gasteiger partial charge in [0.25, 0.3) is 11.5 Å². The van der Waals surface area contributed by atoms with Crippen LogP contribution >= 0.6 is 0 Å². The molecular formula is C20H20FN3O2. The molecule has 0 atom stereocenters. The second-order valence-electron chi connectivity index (χ2n) is 6.05. The monoisotopic (exact) mass is 353 g/mol. The zero-order valence-electron chi connectivity index (χ0n) is 14.8. The maximum atomic E-state index is 13.6. The third kappa shape index (κ3) is 3.49. The Bertz CT molecular complexity index is 1030. The number of carbonyl (C=O) groups excluding carboxylic acids is 1. The average Bonchev–Trinajstić information content (AvgIpc) is 2.64. The standard InChI is InChI=1S/C20H20FN3O2/c1-3-24-18-9-8-15(12-17(18)23-13(2)20(24)26)19(25)22-11-10-14-6-4-5-7-16(14)21/h4-9,12H,3,10-11H2,1-2H3,(H,22,25). The number of fused-ring (bicyclic) bond motifs is 1. The fourth-order valence-corrected chi connectivity index (χ4v) is 2.94. The van der Waals surface area contributed by atoms with E-state index >= 15 is 0 Å². The Morgan fingerprint density at radius 3 is 2.73 bits per heavy atom. The normalized spacial score (nSPS) is 10.9. The van der Waals surface area contributed by atoms with Crippen LogP contribution < -0.4 is 10.9 Å². The molecule has 1 N–H and O–H groups in total. The first-order chi connectivity index (χ1) is 12.5. The van der Waals surface area contributed by atoms with E-state index in [2.05, 4.69) is 10.3 Å². The molecule has 1 amide bonds. The molecule has 3 rings (SSSR count). The highest BCUT2D eigenvalue weighted by molar-refractivity contribution is 5.97. The zero-order chi connectivity index (χ0) is 18.7. The van der Waals surface area contributed by atoms with Gasteiger partial charge in [-0.3, -0.25) is 9.59 Å². The molecule has 6 heteroatoms. The molecular weight excluding hydrogens is 333 g/mol. The number of carbonyl (C=O) groups is 1. The van der Waals surface area contributed by atoms with Crippen molar-refractivity contribution in [1.29, 1.82) is 0 Å². The highest BCUT2D eigenvalue weighted by atomic mass is 19.1. The Hall–Kier alpha value is -3.02. The molecule has 0 aliphatic carbocycles. The first-order valence-electron chi connectivity index (χ1n) is 8.54. The van der Waals surface area contributed by atoms with Gasteiger partial charge in [0.2, 0.25) is 0 Å². The van der Waals surface area contributed by atoms with Crippen molar-refractivity contribution in [3.05, 3.63) is 75.5 Å². The summed E-state index contributed by atoms with van der Waals surface area (Å²) in [6.07, 6.45) is 0.415. The highest BCUT2D eigenvalue weighted by Crippen LogP contribution is 2.14. The number of hydrogen-bond acceptors (Lipinski definition) is 3. The third-order valence-electron chi connectivity index (χ3n) is 4.33. The molecule has 26 heavy (non-hydrogen) atoms. The number of benzene rings is 2. The van der Waals surface area contributed by atoms with Crippen LogP contribution in [0.15, 0.2) is 47.3 Å². The summed E-state index contributed by atoms with van der Waals surface area (Å²) in [5.74, 6) is -0.526. The van der Waals surface area contributed by atoms with Crippen molar-refractivity contribution in [1.82, 2.24) is 14.9 Å². The Morgan fingerprint density at radius 2 is 2.00 bits per heavy atom. The van der Waals surface area contributed by atoms with Crippen LogP contribution in [0, 0.1) is 12.7 Å². The lowest BCUT2D eigenvalue weighted by Gasteiger charge is -2.10. The van der Waals surface area contributed by atoms with Gasteiger partial charge in [-0.15, -0.1) is 0 Å². The number of nitrogens with zero attached hydrogens (tertiary/aromatic N) is 2. The molecule has 2 aromatic carbocycles. The van der Waals surface area contributed by atoms with E-state index in [1.54, 1.807) is 47.9 Å². The minimum atomic E-state index is -0.273. The Kier molecular flexibility index (Phi) is 5.11. The van der Waals surface area contributed by atoms with Gasteiger partial charge in [-0.1, -0.05) is 18.2 Å². The second-order valence-corrected chi connectivity index (χ2v) is 6.05. The lowest BCUT2D eigenvalue weighted by atomic mass is 10.1. The van der Waals surface area contributed by atoms with E-state index in [4.69, 9.17) is 0 Å². The zero-order valence-corrected chi connectivity index (χ0v) is 14.8. The van der Waals surface area contributed by atoms with Crippen molar-refractivity contribution in [2.75, 3.05) is 6.54 Å². The first-order valence-corrected chi connectivity index (χ1v) is 8.54. The van der Waals surface area contributed by atoms with Crippen LogP contribution in [0.3, 0.4) is 0 Å². The summed E-state index contributed by atoms with van der Waals surface area (Å²) >= 11 is 0. The number of rotatable bonds is 5. The molecule has 0 bridgehead atoms. The molecule has 1 heterocycles. The van der Waals surface area contributed by atoms with Crippen LogP contribution in [0.5, 0.6) is 0 Å². The van der Waals surface area contributed by atoms with Gasteiger partial charge in [0.1, 0.15) is 11.5 Å². The van der Waals surface area contributed by atoms with Gasteiger partial charge in [-0.05, 0) is 50.1 Å². The summed E-state index contributed by atoms with van der Waals surface area (Å²) in [5.41, 5.74) is 2.60. The predicted octanol–water partition coefficient (Wildman–Crippen LogP) is 2.84. The molecule has 3 aromatic rings. The molecule has 0 saturated heterocycles. The molecule has 0 fully saturated rings. The SMILES string of the molecule is CCn1c(=O)c(C)nc2cc(C(=O)NCCc3ccccc3F)ccc21. The van der Waals surface area contributed by atoms with Crippen LogP contribution in [0.1, 0.15) is 28.5 Å². The molecule has 0 radical (unpaired) electrons. The summed E-state index contributed by atoms with van der Waals surface area (Å²) in [5, 5.41) is 2.79. The molecule has 5 nitrogen and oxygen atoms in total. The van der Waals surface area contributed by atoms with Gasteiger partial charge in [-0.2, -0.15) is 0 Å². The van der Waals surface area contributed by atoms with E-state index < -0.39 is 0 Å². The van der Waals surface area contributed by atoms with Crippen molar-refractivity contribution in [2.45, 2.75) is 26.8 Å². The molecule has 0 spiro atoms. The number of hydrogen-bond donors (Lipinski definition) is 1. The first kappa shape index (κ1) is 17.8. The van der Waals surface area contributed by atoms with Crippen molar-refractivity contribution in [3.63, 3.8) is 0 Å². The van der Waals surface area contributed by atoms with E-state index in [-0.39, 0.29) is 17.3 Å². The molecule has 134 valence electrons. The average molecular weight is 353 g/mol. The second kappa shape index (κ2) is 7.47. The van der Waals surface area contributed by atoms with Crippen molar-refractivity contribution >= 4 is 16.9 Å². The third-order valence-corrected chi connectivity index (χ3v) is 4.33. The van der Waals surface area contributed by atoms with Gasteiger partial charge in [0, 0.05) is 18.7 Å². The fraction of sp³-hybridized carbons (Fsp3) is 0.250. The van der Waals surface area contributed by atoms with Crippen LogP contribution in [-0.2, 0) is 13.0 Å². The van der Waals surface area contributed by atoms with Crippen LogP contribution in [0.25, 0.3) is 11.0 Å². The van der Waals surface area contributed by atoms with Crippen LogP contribution in [-0.4, -0.2) is 22.0 Å². The summed E-state index contributed by atoms with van der Waals surface area (Å²) in [4.78, 5) is 28.8. The predicted molar refractivity (Wildman–Crippen MR) is 98.9 cm³/mol. The van der Waals surface area contributed by atoms with E-state index in [9.17, 15) is 14.0 Å². The summed E-state index contributed by atoms with van der Waals surface area (Å²) in [6.45, 7) is 4.42. The smallest absolute Gasteiger partial charge is 0.272 e. The van der Waals surface area contributed by atoms with Crippen LogP contribution in [0.2, 0.25) is 0 Å². The maximum absolute atomic E-state index is 13.6. The van der Waals surface area contributed by atoms with Crippen molar-refractivity contribution in [2.24, 2.45) is 0 Å². The largest absolute Gasteiger partial charge is 0.352 e. The molecule has 0 aliphatic rings. The van der Waals surface area contributed by atoms with E-state index in [0.717, 1.165) is 0 Å². The highest BCUT2D eigenvalue weighted by Gasteiger charge is 2.11. The minimum Gasteiger partial charge on any atom is -0.352 e. The Morgan fingerprint density at radius 1 is 1.23 bits per heavy atom. The molecule has 0 aliphatic heterocycles. The molecule has 0 unspecified atom stereocenters. The number of nitrogens with one attached hydrogen (secondary N) is 1. The van der Waals surface area contributed by atoms with Gasteiger partial charge in [0.15, 0.2) is 0 Å².